The summed E-state index contributed by atoms with van der Waals surface area (Å²) in [5, 5.41) is 13.8. The second-order valence-electron chi connectivity index (χ2n) is 18.9. The Morgan fingerprint density at radius 1 is 0.548 bits per heavy atom. The third-order valence-electron chi connectivity index (χ3n) is 11.5. The summed E-state index contributed by atoms with van der Waals surface area (Å²) in [6, 6.07) is -0.912. The number of phosphoric ester groups is 1. The van der Waals surface area contributed by atoms with E-state index in [0.29, 0.717) is 17.4 Å². The summed E-state index contributed by atoms with van der Waals surface area (Å²) in [7, 11) is 1.23. The molecule has 0 saturated heterocycles. The Morgan fingerprint density at radius 2 is 0.903 bits per heavy atom. The maximum atomic E-state index is 12.9. The number of likely N-dealkylation sites (N-methyl/N-ethyl adjacent to an activating group) is 1. The molecule has 2 N–H and O–H groups in total. The lowest BCUT2D eigenvalue weighted by molar-refractivity contribution is -0.870. The number of carbonyl (C=O) groups excluding carboxylic acids is 1. The van der Waals surface area contributed by atoms with Crippen molar-refractivity contribution >= 4 is 13.7 Å². The van der Waals surface area contributed by atoms with Gasteiger partial charge in [0.05, 0.1) is 39.9 Å². The zero-order chi connectivity index (χ0) is 45.7. The molecule has 1 amide bonds. The summed E-state index contributed by atoms with van der Waals surface area (Å²) < 4.78 is 23.3. The van der Waals surface area contributed by atoms with E-state index < -0.39 is 26.6 Å². The fraction of sp³-hybridized carbons (Fsp3) is 0.830. The van der Waals surface area contributed by atoms with Crippen LogP contribution in [0.5, 0.6) is 0 Å². The highest BCUT2D eigenvalue weighted by Gasteiger charge is 2.23. The largest absolute Gasteiger partial charge is 0.756 e. The van der Waals surface area contributed by atoms with Crippen molar-refractivity contribution in [3.05, 3.63) is 48.6 Å². The highest BCUT2D eigenvalue weighted by Crippen LogP contribution is 2.38. The van der Waals surface area contributed by atoms with Crippen LogP contribution in [-0.2, 0) is 18.4 Å². The molecule has 3 atom stereocenters. The molecule has 0 aliphatic rings. The molecule has 364 valence electrons. The van der Waals surface area contributed by atoms with E-state index in [-0.39, 0.29) is 12.5 Å². The number of phosphoric acid groups is 1. The van der Waals surface area contributed by atoms with Crippen molar-refractivity contribution in [1.82, 2.24) is 5.32 Å². The molecule has 0 rings (SSSR count). The number of unbranched alkanes of at least 4 members (excludes halogenated alkanes) is 28. The van der Waals surface area contributed by atoms with Crippen molar-refractivity contribution in [2.24, 2.45) is 0 Å². The van der Waals surface area contributed by atoms with Crippen molar-refractivity contribution < 1.29 is 32.9 Å². The predicted molar refractivity (Wildman–Crippen MR) is 265 cm³/mol. The van der Waals surface area contributed by atoms with Crippen molar-refractivity contribution in [2.45, 2.75) is 244 Å². The van der Waals surface area contributed by atoms with Gasteiger partial charge in [-0.15, -0.1) is 0 Å². The van der Waals surface area contributed by atoms with Crippen LogP contribution in [0.1, 0.15) is 232 Å². The molecule has 0 bridgehead atoms. The van der Waals surface area contributed by atoms with E-state index >= 15 is 0 Å². The smallest absolute Gasteiger partial charge is 0.268 e. The molecule has 0 aliphatic heterocycles. The molecule has 8 nitrogen and oxygen atoms in total. The fourth-order valence-electron chi connectivity index (χ4n) is 7.36. The number of carbonyl (C=O) groups is 1. The number of allylic oxidation sites excluding steroid dienone is 7. The summed E-state index contributed by atoms with van der Waals surface area (Å²) in [5.41, 5.74) is 0. The first kappa shape index (κ1) is 60.5. The molecule has 0 spiro atoms. The van der Waals surface area contributed by atoms with Gasteiger partial charge in [0.25, 0.3) is 7.82 Å². The average Bonchev–Trinajstić information content (AvgIpc) is 3.23. The highest BCUT2D eigenvalue weighted by atomic mass is 31.2. The zero-order valence-corrected chi connectivity index (χ0v) is 42.2. The second-order valence-corrected chi connectivity index (χ2v) is 20.3. The van der Waals surface area contributed by atoms with Gasteiger partial charge in [-0.25, -0.2) is 0 Å². The van der Waals surface area contributed by atoms with Crippen molar-refractivity contribution in [2.75, 3.05) is 40.9 Å². The molecule has 0 aliphatic carbocycles. The molecule has 0 aromatic heterocycles. The predicted octanol–water partition coefficient (Wildman–Crippen LogP) is 14.6. The molecule has 0 saturated carbocycles. The number of hydrogen-bond acceptors (Lipinski definition) is 6. The number of aliphatic hydroxyl groups excluding tert-OH is 1. The number of nitrogens with one attached hydrogen (secondary N) is 1. The topological polar surface area (TPSA) is 108 Å². The summed E-state index contributed by atoms with van der Waals surface area (Å²) in [5.74, 6) is -0.215. The van der Waals surface area contributed by atoms with Gasteiger partial charge in [-0.1, -0.05) is 204 Å². The Morgan fingerprint density at radius 3 is 1.31 bits per heavy atom. The number of quaternary nitrogens is 1. The van der Waals surface area contributed by atoms with Gasteiger partial charge in [-0.3, -0.25) is 9.36 Å². The molecule has 0 radical (unpaired) electrons. The molecule has 0 aromatic rings. The molecular weight excluding hydrogens is 792 g/mol. The number of aliphatic hydroxyl groups is 1. The molecule has 0 heterocycles. The van der Waals surface area contributed by atoms with Crippen molar-refractivity contribution in [3.63, 3.8) is 0 Å². The van der Waals surface area contributed by atoms with Gasteiger partial charge in [-0.05, 0) is 70.6 Å². The van der Waals surface area contributed by atoms with Crippen LogP contribution in [0.3, 0.4) is 0 Å². The molecule has 9 heteroatoms. The quantitative estimate of drug-likeness (QED) is 0.0273. The summed E-state index contributed by atoms with van der Waals surface area (Å²) >= 11 is 0. The second kappa shape index (κ2) is 44.7. The number of rotatable bonds is 47. The number of hydrogen-bond donors (Lipinski definition) is 2. The maximum Gasteiger partial charge on any atom is 0.268 e. The summed E-state index contributed by atoms with van der Waals surface area (Å²) in [6.45, 7) is 4.62. The van der Waals surface area contributed by atoms with Gasteiger partial charge in [0, 0.05) is 6.42 Å². The Balaban J connectivity index is 4.36. The van der Waals surface area contributed by atoms with Gasteiger partial charge in [0.15, 0.2) is 0 Å². The summed E-state index contributed by atoms with van der Waals surface area (Å²) in [4.78, 5) is 25.4. The standard InChI is InChI=1S/C53H101N2O6P/c1-6-8-10-12-14-16-18-20-22-24-26-27-28-29-31-33-35-37-39-41-43-45-47-53(57)54-51(50-61-62(58,59)60-49-48-55(3,4)5)52(56)46-44-42-40-38-36-34-32-30-25-23-21-19-17-15-13-11-9-7-2/h25,28-30,36,38,44,46,51-52,56H,6-24,26-27,31-35,37,39-43,45,47-50H2,1-5H3,(H-,54,57,58,59)/b29-28-,30-25+,38-36+,46-44+. The van der Waals surface area contributed by atoms with Crippen LogP contribution < -0.4 is 10.2 Å². The van der Waals surface area contributed by atoms with Gasteiger partial charge in [0.1, 0.15) is 13.2 Å². The van der Waals surface area contributed by atoms with Crippen LogP contribution in [0, 0.1) is 0 Å². The molecule has 0 fully saturated rings. The Hall–Kier alpha value is -1.54. The normalized spacial score (nSPS) is 14.5. The third-order valence-corrected chi connectivity index (χ3v) is 12.5. The minimum Gasteiger partial charge on any atom is -0.756 e. The van der Waals surface area contributed by atoms with Crippen LogP contribution >= 0.6 is 7.82 Å². The van der Waals surface area contributed by atoms with Crippen molar-refractivity contribution in [3.8, 4) is 0 Å². The number of nitrogens with zero attached hydrogens (tertiary/aromatic N) is 1. The maximum absolute atomic E-state index is 12.9. The van der Waals surface area contributed by atoms with Gasteiger partial charge < -0.3 is 28.8 Å². The van der Waals surface area contributed by atoms with Gasteiger partial charge in [0.2, 0.25) is 5.91 Å². The summed E-state index contributed by atoms with van der Waals surface area (Å²) in [6.07, 6.45) is 57.4. The first-order chi connectivity index (χ1) is 30.0. The third kappa shape index (κ3) is 46.5. The Kier molecular flexibility index (Phi) is 43.5. The van der Waals surface area contributed by atoms with Crippen molar-refractivity contribution in [1.29, 1.82) is 0 Å². The first-order valence-corrected chi connectivity index (χ1v) is 27.5. The average molecular weight is 893 g/mol. The minimum absolute atomic E-state index is 0.0105. The zero-order valence-electron chi connectivity index (χ0n) is 41.3. The lowest BCUT2D eigenvalue weighted by Gasteiger charge is -2.29. The highest BCUT2D eigenvalue weighted by molar-refractivity contribution is 7.45. The van der Waals surface area contributed by atoms with E-state index in [4.69, 9.17) is 9.05 Å². The molecule has 0 aromatic carbocycles. The fourth-order valence-corrected chi connectivity index (χ4v) is 8.08. The van der Waals surface area contributed by atoms with Gasteiger partial charge in [-0.2, -0.15) is 0 Å². The number of amides is 1. The molecule has 62 heavy (non-hydrogen) atoms. The first-order valence-electron chi connectivity index (χ1n) is 26.0. The van der Waals surface area contributed by atoms with E-state index in [1.54, 1.807) is 6.08 Å². The van der Waals surface area contributed by atoms with E-state index in [2.05, 4.69) is 55.6 Å². The van der Waals surface area contributed by atoms with Crippen LogP contribution in [-0.4, -0.2) is 68.5 Å². The lowest BCUT2D eigenvalue weighted by Crippen LogP contribution is -2.45. The van der Waals surface area contributed by atoms with E-state index in [0.717, 1.165) is 44.9 Å². The van der Waals surface area contributed by atoms with Gasteiger partial charge >= 0.3 is 0 Å². The van der Waals surface area contributed by atoms with Crippen LogP contribution in [0.15, 0.2) is 48.6 Å². The molecular formula is C53H101N2O6P. The molecule has 3 unspecified atom stereocenters. The van der Waals surface area contributed by atoms with Crippen LogP contribution in [0.4, 0.5) is 0 Å². The van der Waals surface area contributed by atoms with E-state index in [1.165, 1.54) is 167 Å². The monoisotopic (exact) mass is 893 g/mol. The van der Waals surface area contributed by atoms with E-state index in [1.807, 2.05) is 27.2 Å². The SMILES string of the molecule is CCCCCCCCCC/C=C/CC/C=C/CC/C=C/C(O)C(COP(=O)([O-])OCC[N+](C)(C)C)NC(=O)CCCCCCCCC/C=C\CCCCCCCCCCCCC. The van der Waals surface area contributed by atoms with Crippen LogP contribution in [0.25, 0.3) is 0 Å². The minimum atomic E-state index is -4.61. The van der Waals surface area contributed by atoms with E-state index in [9.17, 15) is 19.4 Å². The lowest BCUT2D eigenvalue weighted by atomic mass is 10.0. The Labute approximate surface area is 384 Å². The van der Waals surface area contributed by atoms with Crippen LogP contribution in [0.2, 0.25) is 0 Å². The Bertz CT molecular complexity index is 1150.